The zero-order chi connectivity index (χ0) is 19.1. The highest BCUT2D eigenvalue weighted by Gasteiger charge is 2.23. The van der Waals surface area contributed by atoms with E-state index in [1.54, 1.807) is 48.7 Å². The number of ether oxygens (including phenoxy) is 2. The third kappa shape index (κ3) is 2.69. The predicted octanol–water partition coefficient (Wildman–Crippen LogP) is 2.85. The quantitative estimate of drug-likeness (QED) is 0.310. The number of pyridine rings is 1. The maximum absolute atomic E-state index is 13.2. The summed E-state index contributed by atoms with van der Waals surface area (Å²) in [6, 6.07) is 12.0. The molecule has 2 heterocycles. The van der Waals surface area contributed by atoms with Gasteiger partial charge in [-0.2, -0.15) is 0 Å². The summed E-state index contributed by atoms with van der Waals surface area (Å²) in [4.78, 5) is 41.1. The standard InChI is InChI=1S/C20H14N2O5/c1-11(23)26-18-13-7-3-4-8-14(13)19(27-12(2)24)17-16(18)20(25)22-10-6-5-9-15(22)21-17/h3-10H,1-2H3. The van der Waals surface area contributed by atoms with Crippen molar-refractivity contribution in [1.82, 2.24) is 9.38 Å². The first-order valence-corrected chi connectivity index (χ1v) is 8.20. The number of fused-ring (bicyclic) bond motifs is 3. The molecule has 134 valence electrons. The van der Waals surface area contributed by atoms with Crippen LogP contribution in [0.25, 0.3) is 27.3 Å². The van der Waals surface area contributed by atoms with E-state index in [1.807, 2.05) is 0 Å². The predicted molar refractivity (Wildman–Crippen MR) is 99.1 cm³/mol. The Morgan fingerprint density at radius 3 is 2.15 bits per heavy atom. The molecule has 0 aliphatic rings. The van der Waals surface area contributed by atoms with Crippen molar-refractivity contribution in [2.24, 2.45) is 0 Å². The molecule has 2 aromatic carbocycles. The molecule has 0 fully saturated rings. The van der Waals surface area contributed by atoms with Gasteiger partial charge in [0.25, 0.3) is 5.56 Å². The van der Waals surface area contributed by atoms with Crippen LogP contribution in [0.15, 0.2) is 53.5 Å². The Balaban J connectivity index is 2.31. The minimum atomic E-state index is -0.570. The maximum Gasteiger partial charge on any atom is 0.308 e. The minimum Gasteiger partial charge on any atom is -0.425 e. The molecule has 0 aliphatic heterocycles. The first-order valence-electron chi connectivity index (χ1n) is 8.20. The summed E-state index contributed by atoms with van der Waals surface area (Å²) in [5.74, 6) is -0.858. The smallest absolute Gasteiger partial charge is 0.308 e. The summed E-state index contributed by atoms with van der Waals surface area (Å²) < 4.78 is 12.2. The molecule has 0 unspecified atom stereocenters. The molecule has 0 N–H and O–H groups in total. The molecule has 0 radical (unpaired) electrons. The van der Waals surface area contributed by atoms with E-state index in [0.29, 0.717) is 16.4 Å². The van der Waals surface area contributed by atoms with E-state index in [0.717, 1.165) is 0 Å². The van der Waals surface area contributed by atoms with Gasteiger partial charge in [-0.1, -0.05) is 30.3 Å². The molecule has 27 heavy (non-hydrogen) atoms. The Hall–Kier alpha value is -3.74. The van der Waals surface area contributed by atoms with E-state index in [1.165, 1.54) is 18.2 Å². The number of nitrogens with zero attached hydrogens (tertiary/aromatic N) is 2. The summed E-state index contributed by atoms with van der Waals surface area (Å²) in [5, 5.41) is 1.07. The van der Waals surface area contributed by atoms with Gasteiger partial charge < -0.3 is 9.47 Å². The van der Waals surface area contributed by atoms with E-state index in [4.69, 9.17) is 9.47 Å². The highest BCUT2D eigenvalue weighted by atomic mass is 16.5. The molecule has 0 amide bonds. The van der Waals surface area contributed by atoms with Gasteiger partial charge in [-0.3, -0.25) is 18.8 Å². The van der Waals surface area contributed by atoms with Crippen LogP contribution in [-0.4, -0.2) is 21.3 Å². The summed E-state index contributed by atoms with van der Waals surface area (Å²) in [6.07, 6.45) is 1.57. The average Bonchev–Trinajstić information content (AvgIpc) is 2.64. The van der Waals surface area contributed by atoms with Crippen molar-refractivity contribution >= 4 is 39.3 Å². The van der Waals surface area contributed by atoms with E-state index in [9.17, 15) is 14.4 Å². The van der Waals surface area contributed by atoms with Gasteiger partial charge in [-0.15, -0.1) is 0 Å². The fraction of sp³-hybridized carbons (Fsp3) is 0.100. The second-order valence-corrected chi connectivity index (χ2v) is 5.96. The molecule has 0 aliphatic carbocycles. The Bertz CT molecular complexity index is 1310. The fourth-order valence-electron chi connectivity index (χ4n) is 3.10. The molecule has 0 saturated heterocycles. The van der Waals surface area contributed by atoms with Crippen molar-refractivity contribution in [3.05, 3.63) is 59.0 Å². The zero-order valence-electron chi connectivity index (χ0n) is 14.6. The van der Waals surface area contributed by atoms with Crippen LogP contribution < -0.4 is 15.0 Å². The summed E-state index contributed by atoms with van der Waals surface area (Å²) in [5.41, 5.74) is 0.120. The lowest BCUT2D eigenvalue weighted by Gasteiger charge is -2.15. The van der Waals surface area contributed by atoms with Crippen LogP contribution in [0.4, 0.5) is 0 Å². The molecule has 2 aromatic heterocycles. The van der Waals surface area contributed by atoms with Gasteiger partial charge in [0.05, 0.1) is 0 Å². The third-order valence-corrected chi connectivity index (χ3v) is 4.08. The highest BCUT2D eigenvalue weighted by Crippen LogP contribution is 2.40. The van der Waals surface area contributed by atoms with Crippen LogP contribution in [0, 0.1) is 0 Å². The first kappa shape index (κ1) is 16.7. The van der Waals surface area contributed by atoms with Crippen molar-refractivity contribution in [2.45, 2.75) is 13.8 Å². The Kier molecular flexibility index (Phi) is 3.84. The molecule has 7 heteroatoms. The van der Waals surface area contributed by atoms with Gasteiger partial charge in [0.1, 0.15) is 16.6 Å². The van der Waals surface area contributed by atoms with E-state index >= 15 is 0 Å². The number of hydrogen-bond acceptors (Lipinski definition) is 6. The van der Waals surface area contributed by atoms with Gasteiger partial charge in [-0.25, -0.2) is 4.98 Å². The number of esters is 2. The highest BCUT2D eigenvalue weighted by molar-refractivity contribution is 6.11. The summed E-state index contributed by atoms with van der Waals surface area (Å²) >= 11 is 0. The van der Waals surface area contributed by atoms with Crippen molar-refractivity contribution in [3.63, 3.8) is 0 Å². The molecule has 4 aromatic rings. The third-order valence-electron chi connectivity index (χ3n) is 4.08. The zero-order valence-corrected chi connectivity index (χ0v) is 14.6. The minimum absolute atomic E-state index is 0.0730. The largest absolute Gasteiger partial charge is 0.425 e. The number of hydrogen-bond donors (Lipinski definition) is 0. The lowest BCUT2D eigenvalue weighted by Crippen LogP contribution is -2.18. The van der Waals surface area contributed by atoms with Gasteiger partial charge in [0.15, 0.2) is 11.5 Å². The van der Waals surface area contributed by atoms with Crippen LogP contribution in [0.1, 0.15) is 13.8 Å². The van der Waals surface area contributed by atoms with E-state index < -0.39 is 17.5 Å². The molecule has 7 nitrogen and oxygen atoms in total. The van der Waals surface area contributed by atoms with Gasteiger partial charge in [0, 0.05) is 30.8 Å². The lowest BCUT2D eigenvalue weighted by molar-refractivity contribution is -0.132. The molecule has 0 saturated carbocycles. The SMILES string of the molecule is CC(=O)Oc1c2ccccc2c(OC(C)=O)c2c(=O)n3ccccc3nc12. The first-order chi connectivity index (χ1) is 13.0. The second-order valence-electron chi connectivity index (χ2n) is 5.96. The lowest BCUT2D eigenvalue weighted by atomic mass is 10.0. The molecule has 0 spiro atoms. The molecule has 4 rings (SSSR count). The Morgan fingerprint density at radius 1 is 0.889 bits per heavy atom. The van der Waals surface area contributed by atoms with Crippen molar-refractivity contribution in [1.29, 1.82) is 0 Å². The van der Waals surface area contributed by atoms with Crippen LogP contribution in [0.3, 0.4) is 0 Å². The molecule has 0 atom stereocenters. The molecular formula is C20H14N2O5. The molecule has 0 bridgehead atoms. The van der Waals surface area contributed by atoms with Crippen LogP contribution >= 0.6 is 0 Å². The number of carbonyl (C=O) groups excluding carboxylic acids is 2. The van der Waals surface area contributed by atoms with Crippen LogP contribution in [0.2, 0.25) is 0 Å². The summed E-state index contributed by atoms with van der Waals surface area (Å²) in [6.45, 7) is 2.53. The fourth-order valence-corrected chi connectivity index (χ4v) is 3.10. The van der Waals surface area contributed by atoms with Crippen molar-refractivity contribution in [3.8, 4) is 11.5 Å². The van der Waals surface area contributed by atoms with E-state index in [2.05, 4.69) is 4.98 Å². The topological polar surface area (TPSA) is 87.0 Å². The summed E-state index contributed by atoms with van der Waals surface area (Å²) in [7, 11) is 0. The van der Waals surface area contributed by atoms with Gasteiger partial charge >= 0.3 is 11.9 Å². The number of benzene rings is 2. The van der Waals surface area contributed by atoms with Crippen LogP contribution in [0.5, 0.6) is 11.5 Å². The van der Waals surface area contributed by atoms with Crippen molar-refractivity contribution in [2.75, 3.05) is 0 Å². The van der Waals surface area contributed by atoms with Gasteiger partial charge in [-0.05, 0) is 12.1 Å². The Labute approximate surface area is 152 Å². The number of aromatic nitrogens is 2. The maximum atomic E-state index is 13.2. The normalized spacial score (nSPS) is 11.0. The second kappa shape index (κ2) is 6.21. The Morgan fingerprint density at radius 2 is 1.48 bits per heavy atom. The van der Waals surface area contributed by atoms with Crippen molar-refractivity contribution < 1.29 is 19.1 Å². The monoisotopic (exact) mass is 362 g/mol. The van der Waals surface area contributed by atoms with Crippen LogP contribution in [-0.2, 0) is 9.59 Å². The molecular weight excluding hydrogens is 348 g/mol. The number of carbonyl (C=O) groups is 2. The van der Waals surface area contributed by atoms with Gasteiger partial charge in [0.2, 0.25) is 0 Å². The number of rotatable bonds is 2. The van der Waals surface area contributed by atoms with E-state index in [-0.39, 0.29) is 22.4 Å². The average molecular weight is 362 g/mol.